The molecule has 2 saturated heterocycles. The minimum absolute atomic E-state index is 0.145. The monoisotopic (exact) mass is 364 g/mol. The number of likely N-dealkylation sites (tertiary alicyclic amines) is 1. The molecular formula is C17H20N2O3S2. The van der Waals surface area contributed by atoms with Crippen LogP contribution in [0, 0.1) is 11.8 Å². The number of thioether (sulfide) groups is 1. The molecule has 1 aromatic heterocycles. The van der Waals surface area contributed by atoms with Crippen molar-refractivity contribution in [2.45, 2.75) is 20.3 Å². The third-order valence-corrected chi connectivity index (χ3v) is 5.93. The van der Waals surface area contributed by atoms with Gasteiger partial charge >= 0.3 is 0 Å². The van der Waals surface area contributed by atoms with Gasteiger partial charge in [0.15, 0.2) is 0 Å². The fourth-order valence-corrected chi connectivity index (χ4v) is 4.80. The van der Waals surface area contributed by atoms with Gasteiger partial charge in [0.25, 0.3) is 11.1 Å². The van der Waals surface area contributed by atoms with E-state index in [2.05, 4.69) is 13.8 Å². The molecule has 1 aromatic rings. The molecule has 24 heavy (non-hydrogen) atoms. The van der Waals surface area contributed by atoms with Crippen molar-refractivity contribution in [2.75, 3.05) is 19.6 Å². The quantitative estimate of drug-likeness (QED) is 0.772. The largest absolute Gasteiger partial charge is 0.341 e. The van der Waals surface area contributed by atoms with Crippen LogP contribution in [0.25, 0.3) is 6.08 Å². The van der Waals surface area contributed by atoms with E-state index in [1.165, 1.54) is 11.3 Å². The Morgan fingerprint density at radius 1 is 1.29 bits per heavy atom. The zero-order valence-corrected chi connectivity index (χ0v) is 15.4. The number of imide groups is 1. The highest BCUT2D eigenvalue weighted by Crippen LogP contribution is 2.33. The number of carbonyl (C=O) groups is 3. The summed E-state index contributed by atoms with van der Waals surface area (Å²) in [4.78, 5) is 41.2. The molecule has 5 nitrogen and oxygen atoms in total. The average molecular weight is 364 g/mol. The summed E-state index contributed by atoms with van der Waals surface area (Å²) in [5.41, 5.74) is 0. The standard InChI is InChI=1S/C17H20N2O3S2/c1-11-6-12(2)9-18(8-11)15(20)10-19-16(21)14(24-17(19)22)7-13-4-3-5-23-13/h3-5,7,11-12H,6,8-10H2,1-2H3/b14-7-. The first-order valence-corrected chi connectivity index (χ1v) is 9.70. The van der Waals surface area contributed by atoms with Crippen molar-refractivity contribution in [2.24, 2.45) is 11.8 Å². The molecule has 2 aliphatic rings. The van der Waals surface area contributed by atoms with Gasteiger partial charge in [0.2, 0.25) is 5.91 Å². The van der Waals surface area contributed by atoms with E-state index in [0.29, 0.717) is 29.8 Å². The first-order valence-electron chi connectivity index (χ1n) is 8.00. The van der Waals surface area contributed by atoms with Crippen molar-refractivity contribution < 1.29 is 14.4 Å². The minimum atomic E-state index is -0.371. The van der Waals surface area contributed by atoms with Gasteiger partial charge < -0.3 is 4.90 Å². The first kappa shape index (κ1) is 17.2. The zero-order valence-electron chi connectivity index (χ0n) is 13.7. The lowest BCUT2D eigenvalue weighted by Crippen LogP contribution is -2.47. The predicted molar refractivity (Wildman–Crippen MR) is 96.5 cm³/mol. The summed E-state index contributed by atoms with van der Waals surface area (Å²) in [5.74, 6) is 0.385. The van der Waals surface area contributed by atoms with Crippen LogP contribution in [-0.2, 0) is 9.59 Å². The molecule has 0 saturated carbocycles. The minimum Gasteiger partial charge on any atom is -0.341 e. The molecule has 0 radical (unpaired) electrons. The van der Waals surface area contributed by atoms with Crippen molar-refractivity contribution in [3.05, 3.63) is 27.3 Å². The number of amides is 3. The molecule has 0 spiro atoms. The highest BCUT2D eigenvalue weighted by Gasteiger charge is 2.37. The van der Waals surface area contributed by atoms with Crippen LogP contribution in [-0.4, -0.2) is 46.5 Å². The molecular weight excluding hydrogens is 344 g/mol. The molecule has 3 amide bonds. The molecule has 0 aromatic carbocycles. The molecule has 2 unspecified atom stereocenters. The number of thiophene rings is 1. The maximum absolute atomic E-state index is 12.5. The number of hydrogen-bond donors (Lipinski definition) is 0. The molecule has 0 aliphatic carbocycles. The third kappa shape index (κ3) is 3.72. The molecule has 0 N–H and O–H groups in total. The van der Waals surface area contributed by atoms with Crippen molar-refractivity contribution in [1.29, 1.82) is 0 Å². The van der Waals surface area contributed by atoms with Crippen molar-refractivity contribution in [3.63, 3.8) is 0 Å². The smallest absolute Gasteiger partial charge is 0.294 e. The van der Waals surface area contributed by atoms with Gasteiger partial charge in [-0.15, -0.1) is 11.3 Å². The van der Waals surface area contributed by atoms with E-state index >= 15 is 0 Å². The lowest BCUT2D eigenvalue weighted by atomic mass is 9.92. The summed E-state index contributed by atoms with van der Waals surface area (Å²) < 4.78 is 0. The van der Waals surface area contributed by atoms with E-state index < -0.39 is 0 Å². The van der Waals surface area contributed by atoms with Crippen LogP contribution < -0.4 is 0 Å². The summed E-state index contributed by atoms with van der Waals surface area (Å²) in [5, 5.41) is 1.55. The Morgan fingerprint density at radius 2 is 2.00 bits per heavy atom. The lowest BCUT2D eigenvalue weighted by Gasteiger charge is -2.35. The molecule has 128 valence electrons. The highest BCUT2D eigenvalue weighted by molar-refractivity contribution is 8.18. The number of piperidine rings is 1. The van der Waals surface area contributed by atoms with Gasteiger partial charge in [-0.25, -0.2) is 0 Å². The van der Waals surface area contributed by atoms with Gasteiger partial charge in [-0.05, 0) is 47.5 Å². The zero-order chi connectivity index (χ0) is 17.3. The van der Waals surface area contributed by atoms with Crippen molar-refractivity contribution in [1.82, 2.24) is 9.80 Å². The van der Waals surface area contributed by atoms with E-state index in [1.807, 2.05) is 17.5 Å². The number of nitrogens with zero attached hydrogens (tertiary/aromatic N) is 2. The molecule has 0 bridgehead atoms. The summed E-state index contributed by atoms with van der Waals surface area (Å²) in [7, 11) is 0. The Bertz CT molecular complexity index is 674. The molecule has 2 aliphatic heterocycles. The fourth-order valence-electron chi connectivity index (χ4n) is 3.24. The number of rotatable bonds is 3. The Labute approximate surface area is 149 Å². The Morgan fingerprint density at radius 3 is 2.62 bits per heavy atom. The SMILES string of the molecule is CC1CC(C)CN(C(=O)CN2C(=O)S/C(=C\c3cccs3)C2=O)C1. The summed E-state index contributed by atoms with van der Waals surface area (Å²) >= 11 is 2.41. The van der Waals surface area contributed by atoms with Crippen LogP contribution in [0.15, 0.2) is 22.4 Å². The molecule has 7 heteroatoms. The summed E-state index contributed by atoms with van der Waals surface area (Å²) in [6, 6.07) is 3.78. The van der Waals surface area contributed by atoms with E-state index in [9.17, 15) is 14.4 Å². The lowest BCUT2D eigenvalue weighted by molar-refractivity contribution is -0.137. The van der Waals surface area contributed by atoms with Crippen LogP contribution in [0.4, 0.5) is 4.79 Å². The number of carbonyl (C=O) groups excluding carboxylic acids is 3. The topological polar surface area (TPSA) is 57.7 Å². The van der Waals surface area contributed by atoms with Crippen molar-refractivity contribution >= 4 is 46.2 Å². The highest BCUT2D eigenvalue weighted by atomic mass is 32.2. The van der Waals surface area contributed by atoms with Gasteiger partial charge in [-0.1, -0.05) is 19.9 Å². The number of hydrogen-bond acceptors (Lipinski definition) is 5. The van der Waals surface area contributed by atoms with Crippen LogP contribution >= 0.6 is 23.1 Å². The van der Waals surface area contributed by atoms with Gasteiger partial charge in [0.05, 0.1) is 4.91 Å². The second-order valence-electron chi connectivity index (χ2n) is 6.53. The third-order valence-electron chi connectivity index (χ3n) is 4.21. The van der Waals surface area contributed by atoms with Crippen LogP contribution in [0.2, 0.25) is 0 Å². The first-order chi connectivity index (χ1) is 11.4. The van der Waals surface area contributed by atoms with Crippen molar-refractivity contribution in [3.8, 4) is 0 Å². The van der Waals surface area contributed by atoms with E-state index in [1.54, 1.807) is 11.0 Å². The Hall–Kier alpha value is -1.60. The fraction of sp³-hybridized carbons (Fsp3) is 0.471. The maximum Gasteiger partial charge on any atom is 0.294 e. The second kappa shape index (κ2) is 7.11. The Balaban J connectivity index is 1.67. The molecule has 2 atom stereocenters. The normalized spacial score (nSPS) is 26.5. The summed E-state index contributed by atoms with van der Waals surface area (Å²) in [6.45, 7) is 5.49. The maximum atomic E-state index is 12.5. The van der Waals surface area contributed by atoms with Gasteiger partial charge in [-0.3, -0.25) is 19.3 Å². The van der Waals surface area contributed by atoms with Gasteiger partial charge in [0, 0.05) is 18.0 Å². The Kier molecular flexibility index (Phi) is 5.10. The second-order valence-corrected chi connectivity index (χ2v) is 8.50. The predicted octanol–water partition coefficient (Wildman–Crippen LogP) is 3.29. The molecule has 2 fully saturated rings. The van der Waals surface area contributed by atoms with Crippen LogP contribution in [0.1, 0.15) is 25.1 Å². The van der Waals surface area contributed by atoms with Gasteiger partial charge in [0.1, 0.15) is 6.54 Å². The van der Waals surface area contributed by atoms with E-state index in [0.717, 1.165) is 28.0 Å². The van der Waals surface area contributed by atoms with Gasteiger partial charge in [-0.2, -0.15) is 0 Å². The molecule has 3 rings (SSSR count). The molecule has 3 heterocycles. The van der Waals surface area contributed by atoms with Crippen LogP contribution in [0.3, 0.4) is 0 Å². The average Bonchev–Trinajstić information content (AvgIpc) is 3.10. The van der Waals surface area contributed by atoms with E-state index in [4.69, 9.17) is 0 Å². The summed E-state index contributed by atoms with van der Waals surface area (Å²) in [6.07, 6.45) is 2.82. The van der Waals surface area contributed by atoms with E-state index in [-0.39, 0.29) is 23.6 Å². The van der Waals surface area contributed by atoms with Crippen LogP contribution in [0.5, 0.6) is 0 Å².